The van der Waals surface area contributed by atoms with E-state index in [0.29, 0.717) is 19.7 Å². The Morgan fingerprint density at radius 1 is 1.26 bits per heavy atom. The van der Waals surface area contributed by atoms with E-state index in [-0.39, 0.29) is 36.4 Å². The summed E-state index contributed by atoms with van der Waals surface area (Å²) in [5.74, 6) is -0.470. The molecule has 1 aliphatic heterocycles. The summed E-state index contributed by atoms with van der Waals surface area (Å²) in [6, 6.07) is 9.28. The van der Waals surface area contributed by atoms with E-state index in [2.05, 4.69) is 0 Å². The van der Waals surface area contributed by atoms with Crippen molar-refractivity contribution in [3.8, 4) is 0 Å². The monoisotopic (exact) mass is 372 g/mol. The minimum Gasteiger partial charge on any atom is -0.384 e. The van der Waals surface area contributed by atoms with Gasteiger partial charge in [-0.1, -0.05) is 30.3 Å². The molecule has 0 aliphatic carbocycles. The molecule has 2 heterocycles. The standard InChI is InChI=1S/C19H24N4O4/c1-13-10-22(8-9-27-13)12-15(24)16-17(20)23(19(26)21(2)18(16)25)11-14-6-4-3-5-7-14/h3-7,13H,8-12,20H2,1-2H3/t13-/m1/s1. The lowest BCUT2D eigenvalue weighted by Crippen LogP contribution is -2.47. The van der Waals surface area contributed by atoms with E-state index in [9.17, 15) is 14.4 Å². The molecule has 1 saturated heterocycles. The molecule has 1 aromatic carbocycles. The predicted octanol–water partition coefficient (Wildman–Crippen LogP) is 0.0809. The second-order valence-electron chi connectivity index (χ2n) is 6.82. The van der Waals surface area contributed by atoms with Crippen LogP contribution in [0.25, 0.3) is 0 Å². The Morgan fingerprint density at radius 3 is 2.63 bits per heavy atom. The van der Waals surface area contributed by atoms with Crippen molar-refractivity contribution in [3.05, 3.63) is 62.3 Å². The summed E-state index contributed by atoms with van der Waals surface area (Å²) in [5.41, 5.74) is 5.64. The Bertz CT molecular complexity index is 949. The number of carbonyl (C=O) groups is 1. The molecule has 1 fully saturated rings. The number of Topliss-reactive ketones (excluding diaryl/α,β-unsaturated/α-hetero) is 1. The number of anilines is 1. The fourth-order valence-electron chi connectivity index (χ4n) is 3.28. The van der Waals surface area contributed by atoms with Crippen LogP contribution in [0.5, 0.6) is 0 Å². The van der Waals surface area contributed by atoms with Gasteiger partial charge in [0, 0.05) is 20.1 Å². The van der Waals surface area contributed by atoms with Crippen LogP contribution in [0.4, 0.5) is 5.82 Å². The first kappa shape index (κ1) is 19.1. The maximum absolute atomic E-state index is 12.8. The van der Waals surface area contributed by atoms with Crippen molar-refractivity contribution in [2.75, 3.05) is 32.0 Å². The molecule has 8 heteroatoms. The van der Waals surface area contributed by atoms with Crippen LogP contribution >= 0.6 is 0 Å². The highest BCUT2D eigenvalue weighted by Gasteiger charge is 2.25. The topological polar surface area (TPSA) is 99.6 Å². The molecular weight excluding hydrogens is 348 g/mol. The number of carbonyl (C=O) groups excluding carboxylic acids is 1. The smallest absolute Gasteiger partial charge is 0.332 e. The number of nitrogen functional groups attached to an aromatic ring is 1. The number of benzene rings is 1. The van der Waals surface area contributed by atoms with Crippen molar-refractivity contribution in [1.82, 2.24) is 14.0 Å². The van der Waals surface area contributed by atoms with Crippen LogP contribution < -0.4 is 17.0 Å². The molecule has 0 unspecified atom stereocenters. The normalized spacial score (nSPS) is 17.8. The first-order valence-corrected chi connectivity index (χ1v) is 8.89. The second kappa shape index (κ2) is 7.89. The summed E-state index contributed by atoms with van der Waals surface area (Å²) in [4.78, 5) is 39.9. The zero-order valence-electron chi connectivity index (χ0n) is 15.6. The number of morpholine rings is 1. The molecule has 0 bridgehead atoms. The van der Waals surface area contributed by atoms with Gasteiger partial charge in [0.1, 0.15) is 11.4 Å². The van der Waals surface area contributed by atoms with E-state index in [1.54, 1.807) is 0 Å². The molecule has 8 nitrogen and oxygen atoms in total. The summed E-state index contributed by atoms with van der Waals surface area (Å²) in [6.45, 7) is 3.94. The fourth-order valence-corrected chi connectivity index (χ4v) is 3.28. The Hall–Kier alpha value is -2.71. The molecule has 2 aromatic rings. The first-order chi connectivity index (χ1) is 12.9. The highest BCUT2D eigenvalue weighted by atomic mass is 16.5. The van der Waals surface area contributed by atoms with Crippen molar-refractivity contribution >= 4 is 11.6 Å². The number of hydrogen-bond donors (Lipinski definition) is 1. The van der Waals surface area contributed by atoms with Gasteiger partial charge >= 0.3 is 5.69 Å². The molecule has 0 spiro atoms. The fraction of sp³-hybridized carbons (Fsp3) is 0.421. The van der Waals surface area contributed by atoms with Gasteiger partial charge in [0.15, 0.2) is 5.78 Å². The average Bonchev–Trinajstić information content (AvgIpc) is 2.64. The van der Waals surface area contributed by atoms with Gasteiger partial charge in [-0.05, 0) is 12.5 Å². The molecular formula is C19H24N4O4. The highest BCUT2D eigenvalue weighted by Crippen LogP contribution is 2.11. The van der Waals surface area contributed by atoms with Gasteiger partial charge < -0.3 is 10.5 Å². The Balaban J connectivity index is 1.96. The van der Waals surface area contributed by atoms with Gasteiger partial charge in [0.05, 0.1) is 25.8 Å². The number of nitrogens with zero attached hydrogens (tertiary/aromatic N) is 3. The molecule has 3 rings (SSSR count). The van der Waals surface area contributed by atoms with Crippen LogP contribution in [0, 0.1) is 0 Å². The van der Waals surface area contributed by atoms with E-state index in [1.807, 2.05) is 42.2 Å². The largest absolute Gasteiger partial charge is 0.384 e. The van der Waals surface area contributed by atoms with Gasteiger partial charge in [-0.3, -0.25) is 23.6 Å². The van der Waals surface area contributed by atoms with Crippen molar-refractivity contribution in [2.24, 2.45) is 7.05 Å². The minimum absolute atomic E-state index is 0.0266. The summed E-state index contributed by atoms with van der Waals surface area (Å²) in [5, 5.41) is 0. The summed E-state index contributed by atoms with van der Waals surface area (Å²) in [7, 11) is 1.36. The first-order valence-electron chi connectivity index (χ1n) is 8.89. The second-order valence-corrected chi connectivity index (χ2v) is 6.82. The van der Waals surface area contributed by atoms with Crippen LogP contribution in [0.2, 0.25) is 0 Å². The predicted molar refractivity (Wildman–Crippen MR) is 102 cm³/mol. The maximum Gasteiger partial charge on any atom is 0.332 e. The third-order valence-corrected chi connectivity index (χ3v) is 4.74. The lowest BCUT2D eigenvalue weighted by Gasteiger charge is -2.30. The van der Waals surface area contributed by atoms with Crippen LogP contribution in [0.3, 0.4) is 0 Å². The van der Waals surface area contributed by atoms with Gasteiger partial charge in [0.2, 0.25) is 0 Å². The van der Waals surface area contributed by atoms with Crippen LogP contribution in [-0.2, 0) is 18.3 Å². The Morgan fingerprint density at radius 2 is 1.96 bits per heavy atom. The quantitative estimate of drug-likeness (QED) is 0.747. The SMILES string of the molecule is C[C@@H]1CN(CC(=O)c2c(N)n(Cc3ccccc3)c(=O)n(C)c2=O)CCO1. The van der Waals surface area contributed by atoms with E-state index < -0.39 is 11.2 Å². The third kappa shape index (κ3) is 4.01. The molecule has 144 valence electrons. The number of rotatable bonds is 5. The molecule has 1 aromatic heterocycles. The van der Waals surface area contributed by atoms with E-state index in [0.717, 1.165) is 10.1 Å². The Kier molecular flexibility index (Phi) is 5.57. The molecule has 1 aliphatic rings. The van der Waals surface area contributed by atoms with E-state index in [4.69, 9.17) is 10.5 Å². The third-order valence-electron chi connectivity index (χ3n) is 4.74. The molecule has 0 saturated carbocycles. The van der Waals surface area contributed by atoms with Gasteiger partial charge in [-0.15, -0.1) is 0 Å². The number of hydrogen-bond acceptors (Lipinski definition) is 6. The van der Waals surface area contributed by atoms with Crippen molar-refractivity contribution in [3.63, 3.8) is 0 Å². The number of ketones is 1. The molecule has 1 atom stereocenters. The summed E-state index contributed by atoms with van der Waals surface area (Å²) >= 11 is 0. The number of ether oxygens (including phenoxy) is 1. The summed E-state index contributed by atoms with van der Waals surface area (Å²) < 4.78 is 7.68. The van der Waals surface area contributed by atoms with E-state index in [1.165, 1.54) is 11.6 Å². The number of nitrogens with two attached hydrogens (primary N) is 1. The zero-order valence-corrected chi connectivity index (χ0v) is 15.6. The lowest BCUT2D eigenvalue weighted by molar-refractivity contribution is -0.0158. The van der Waals surface area contributed by atoms with Crippen molar-refractivity contribution in [1.29, 1.82) is 0 Å². The Labute approximate surface area is 156 Å². The van der Waals surface area contributed by atoms with E-state index >= 15 is 0 Å². The van der Waals surface area contributed by atoms with Gasteiger partial charge in [-0.25, -0.2) is 4.79 Å². The molecule has 0 radical (unpaired) electrons. The van der Waals surface area contributed by atoms with Gasteiger partial charge in [0.25, 0.3) is 5.56 Å². The van der Waals surface area contributed by atoms with Crippen molar-refractivity contribution in [2.45, 2.75) is 19.6 Å². The molecule has 2 N–H and O–H groups in total. The maximum atomic E-state index is 12.8. The van der Waals surface area contributed by atoms with Gasteiger partial charge in [-0.2, -0.15) is 0 Å². The average molecular weight is 372 g/mol. The van der Waals surface area contributed by atoms with Crippen molar-refractivity contribution < 1.29 is 9.53 Å². The number of aromatic nitrogens is 2. The lowest BCUT2D eigenvalue weighted by atomic mass is 10.1. The summed E-state index contributed by atoms with van der Waals surface area (Å²) in [6.07, 6.45) is 0.0266. The van der Waals surface area contributed by atoms with Crippen LogP contribution in [0.15, 0.2) is 39.9 Å². The van der Waals surface area contributed by atoms with Crippen LogP contribution in [-0.4, -0.2) is 52.2 Å². The molecule has 27 heavy (non-hydrogen) atoms. The minimum atomic E-state index is -0.659. The van der Waals surface area contributed by atoms with Crippen LogP contribution in [0.1, 0.15) is 22.8 Å². The highest BCUT2D eigenvalue weighted by molar-refractivity contribution is 6.01. The zero-order chi connectivity index (χ0) is 19.6. The molecule has 0 amide bonds.